The highest BCUT2D eigenvalue weighted by molar-refractivity contribution is 5.95. The fraction of sp³-hybridized carbons (Fsp3) is 0.350. The number of rotatable bonds is 4. The third-order valence-electron chi connectivity index (χ3n) is 3.93. The van der Waals surface area contributed by atoms with Gasteiger partial charge in [0.1, 0.15) is 5.75 Å². The molecule has 2 aromatic rings. The van der Waals surface area contributed by atoms with E-state index in [1.165, 1.54) is 11.1 Å². The van der Waals surface area contributed by atoms with E-state index in [0.717, 1.165) is 28.1 Å². The molecule has 0 aliphatic carbocycles. The summed E-state index contributed by atoms with van der Waals surface area (Å²) in [6.07, 6.45) is -0.559. The quantitative estimate of drug-likeness (QED) is 0.893. The van der Waals surface area contributed by atoms with Crippen molar-refractivity contribution in [2.45, 2.75) is 47.6 Å². The van der Waals surface area contributed by atoms with Crippen LogP contribution in [0.2, 0.25) is 0 Å². The Kier molecular flexibility index (Phi) is 5.09. The van der Waals surface area contributed by atoms with Gasteiger partial charge in [0.15, 0.2) is 6.10 Å². The fourth-order valence-electron chi connectivity index (χ4n) is 2.78. The third kappa shape index (κ3) is 4.13. The number of nitrogens with one attached hydrogen (secondary N) is 1. The summed E-state index contributed by atoms with van der Waals surface area (Å²) < 4.78 is 5.83. The van der Waals surface area contributed by atoms with Crippen molar-refractivity contribution in [2.24, 2.45) is 0 Å². The van der Waals surface area contributed by atoms with E-state index in [1.807, 2.05) is 45.9 Å². The topological polar surface area (TPSA) is 38.3 Å². The van der Waals surface area contributed by atoms with Crippen LogP contribution in [-0.4, -0.2) is 12.0 Å². The lowest BCUT2D eigenvalue weighted by atomic mass is 10.0. The first kappa shape index (κ1) is 17.1. The number of ether oxygens (including phenoxy) is 1. The molecule has 0 radical (unpaired) electrons. The molecule has 1 N–H and O–H groups in total. The van der Waals surface area contributed by atoms with Crippen molar-refractivity contribution in [1.29, 1.82) is 0 Å². The molecular weight excluding hydrogens is 286 g/mol. The molecule has 23 heavy (non-hydrogen) atoms. The van der Waals surface area contributed by atoms with Gasteiger partial charge in [0.2, 0.25) is 0 Å². The lowest BCUT2D eigenvalue weighted by molar-refractivity contribution is -0.122. The SMILES string of the molecule is Cc1ccc(O[C@@H](C)C(=O)Nc2c(C)cc(C)cc2C)c(C)c1. The standard InChI is InChI=1S/C20H25NO2/c1-12-7-8-18(14(3)9-12)23-17(6)20(22)21-19-15(4)10-13(2)11-16(19)5/h7-11,17H,1-6H3,(H,21,22)/t17-/m0/s1. The fourth-order valence-corrected chi connectivity index (χ4v) is 2.78. The molecule has 122 valence electrons. The first-order valence-corrected chi connectivity index (χ1v) is 7.90. The molecule has 0 saturated heterocycles. The van der Waals surface area contributed by atoms with Gasteiger partial charge in [-0.2, -0.15) is 0 Å². The van der Waals surface area contributed by atoms with Gasteiger partial charge in [-0.1, -0.05) is 35.4 Å². The summed E-state index contributed by atoms with van der Waals surface area (Å²) in [4.78, 5) is 12.4. The Morgan fingerprint density at radius 2 is 1.48 bits per heavy atom. The van der Waals surface area contributed by atoms with Crippen molar-refractivity contribution in [1.82, 2.24) is 0 Å². The van der Waals surface area contributed by atoms with Crippen molar-refractivity contribution < 1.29 is 9.53 Å². The Balaban J connectivity index is 2.11. The normalized spacial score (nSPS) is 11.9. The molecule has 0 aliphatic heterocycles. The van der Waals surface area contributed by atoms with Crippen LogP contribution in [0.15, 0.2) is 30.3 Å². The lowest BCUT2D eigenvalue weighted by Crippen LogP contribution is -2.30. The molecule has 0 aliphatic rings. The van der Waals surface area contributed by atoms with Crippen molar-refractivity contribution in [3.63, 3.8) is 0 Å². The summed E-state index contributed by atoms with van der Waals surface area (Å²) in [6, 6.07) is 10.1. The van der Waals surface area contributed by atoms with Crippen LogP contribution in [0.1, 0.15) is 34.7 Å². The summed E-state index contributed by atoms with van der Waals surface area (Å²) in [5.41, 5.74) is 6.41. The zero-order chi connectivity index (χ0) is 17.1. The van der Waals surface area contributed by atoms with Crippen LogP contribution in [0.25, 0.3) is 0 Å². The smallest absolute Gasteiger partial charge is 0.265 e. The van der Waals surface area contributed by atoms with Crippen molar-refractivity contribution in [3.05, 3.63) is 58.1 Å². The number of hydrogen-bond acceptors (Lipinski definition) is 2. The molecule has 0 spiro atoms. The van der Waals surface area contributed by atoms with Gasteiger partial charge in [-0.25, -0.2) is 0 Å². The van der Waals surface area contributed by atoms with Crippen LogP contribution < -0.4 is 10.1 Å². The van der Waals surface area contributed by atoms with Crippen LogP contribution in [0.3, 0.4) is 0 Å². The van der Waals surface area contributed by atoms with Gasteiger partial charge in [0.25, 0.3) is 5.91 Å². The van der Waals surface area contributed by atoms with Crippen LogP contribution in [0.4, 0.5) is 5.69 Å². The minimum absolute atomic E-state index is 0.139. The highest BCUT2D eigenvalue weighted by atomic mass is 16.5. The van der Waals surface area contributed by atoms with Crippen LogP contribution in [-0.2, 0) is 4.79 Å². The summed E-state index contributed by atoms with van der Waals surface area (Å²) in [7, 11) is 0. The van der Waals surface area contributed by atoms with E-state index in [1.54, 1.807) is 6.92 Å². The van der Waals surface area contributed by atoms with Gasteiger partial charge in [-0.3, -0.25) is 4.79 Å². The maximum Gasteiger partial charge on any atom is 0.265 e. The molecule has 2 aromatic carbocycles. The Hall–Kier alpha value is -2.29. The molecule has 0 heterocycles. The van der Waals surface area contributed by atoms with Crippen molar-refractivity contribution in [3.8, 4) is 5.75 Å². The van der Waals surface area contributed by atoms with Gasteiger partial charge >= 0.3 is 0 Å². The average molecular weight is 311 g/mol. The predicted molar refractivity (Wildman–Crippen MR) is 95.3 cm³/mol. The number of carbonyl (C=O) groups excluding carboxylic acids is 1. The van der Waals surface area contributed by atoms with E-state index in [-0.39, 0.29) is 5.91 Å². The van der Waals surface area contributed by atoms with Gasteiger partial charge in [0, 0.05) is 5.69 Å². The second kappa shape index (κ2) is 6.86. The second-order valence-electron chi connectivity index (χ2n) is 6.29. The van der Waals surface area contributed by atoms with Crippen molar-refractivity contribution >= 4 is 11.6 Å². The number of anilines is 1. The number of benzene rings is 2. The summed E-state index contributed by atoms with van der Waals surface area (Å²) >= 11 is 0. The maximum atomic E-state index is 12.4. The number of amides is 1. The molecular formula is C20H25NO2. The average Bonchev–Trinajstić information content (AvgIpc) is 2.45. The van der Waals surface area contributed by atoms with Crippen molar-refractivity contribution in [2.75, 3.05) is 5.32 Å². The highest BCUT2D eigenvalue weighted by Crippen LogP contribution is 2.23. The van der Waals surface area contributed by atoms with Crippen LogP contribution in [0.5, 0.6) is 5.75 Å². The molecule has 0 aromatic heterocycles. The number of hydrogen-bond donors (Lipinski definition) is 1. The third-order valence-corrected chi connectivity index (χ3v) is 3.93. The first-order chi connectivity index (χ1) is 10.8. The summed E-state index contributed by atoms with van der Waals surface area (Å²) in [5.74, 6) is 0.607. The molecule has 0 unspecified atom stereocenters. The maximum absolute atomic E-state index is 12.4. The molecule has 1 amide bonds. The Morgan fingerprint density at radius 3 is 2.04 bits per heavy atom. The largest absolute Gasteiger partial charge is 0.481 e. The molecule has 0 saturated carbocycles. The Morgan fingerprint density at radius 1 is 0.913 bits per heavy atom. The number of carbonyl (C=O) groups is 1. The lowest BCUT2D eigenvalue weighted by Gasteiger charge is -2.18. The number of aryl methyl sites for hydroxylation is 5. The minimum Gasteiger partial charge on any atom is -0.481 e. The van der Waals surface area contributed by atoms with Gasteiger partial charge in [-0.05, 0) is 64.3 Å². The van der Waals surface area contributed by atoms with E-state index >= 15 is 0 Å². The van der Waals surface area contributed by atoms with Gasteiger partial charge in [0.05, 0.1) is 0 Å². The summed E-state index contributed by atoms with van der Waals surface area (Å²) in [5, 5.41) is 2.99. The van der Waals surface area contributed by atoms with Crippen LogP contribution in [0, 0.1) is 34.6 Å². The van der Waals surface area contributed by atoms with E-state index in [0.29, 0.717) is 0 Å². The Bertz CT molecular complexity index is 711. The molecule has 0 fully saturated rings. The van der Waals surface area contributed by atoms with Gasteiger partial charge in [-0.15, -0.1) is 0 Å². The zero-order valence-electron chi connectivity index (χ0n) is 14.8. The summed E-state index contributed by atoms with van der Waals surface area (Å²) in [6.45, 7) is 11.9. The molecule has 3 nitrogen and oxygen atoms in total. The Labute approximate surface area is 138 Å². The highest BCUT2D eigenvalue weighted by Gasteiger charge is 2.17. The predicted octanol–water partition coefficient (Wildman–Crippen LogP) is 4.63. The minimum atomic E-state index is -0.559. The molecule has 3 heteroatoms. The molecule has 2 rings (SSSR count). The van der Waals surface area contributed by atoms with E-state index in [4.69, 9.17) is 4.74 Å². The van der Waals surface area contributed by atoms with E-state index in [2.05, 4.69) is 24.4 Å². The molecule has 0 bridgehead atoms. The monoisotopic (exact) mass is 311 g/mol. The van der Waals surface area contributed by atoms with E-state index < -0.39 is 6.10 Å². The van der Waals surface area contributed by atoms with Gasteiger partial charge < -0.3 is 10.1 Å². The molecule has 1 atom stereocenters. The van der Waals surface area contributed by atoms with E-state index in [9.17, 15) is 4.79 Å². The van der Waals surface area contributed by atoms with Crippen LogP contribution >= 0.6 is 0 Å². The zero-order valence-corrected chi connectivity index (χ0v) is 14.8. The second-order valence-corrected chi connectivity index (χ2v) is 6.29. The first-order valence-electron chi connectivity index (χ1n) is 7.90.